The number of amidine groups is 1. The van der Waals surface area contributed by atoms with E-state index in [0.29, 0.717) is 42.2 Å². The van der Waals surface area contributed by atoms with Crippen LogP contribution in [0.25, 0.3) is 16.6 Å². The Balaban J connectivity index is 1.36. The van der Waals surface area contributed by atoms with Crippen LogP contribution in [-0.4, -0.2) is 58.8 Å². The van der Waals surface area contributed by atoms with Crippen LogP contribution >= 0.6 is 0 Å². The number of piperazine rings is 1. The molecule has 2 aliphatic heterocycles. The van der Waals surface area contributed by atoms with Gasteiger partial charge in [-0.2, -0.15) is 0 Å². The number of hydrogen-bond donors (Lipinski definition) is 2. The first-order valence-electron chi connectivity index (χ1n) is 11.2. The summed E-state index contributed by atoms with van der Waals surface area (Å²) >= 11 is 0. The normalized spacial score (nSPS) is 18.1. The molecule has 1 fully saturated rings. The molecule has 8 heteroatoms. The van der Waals surface area contributed by atoms with Crippen molar-refractivity contribution in [2.45, 2.75) is 13.0 Å². The zero-order chi connectivity index (χ0) is 23.8. The van der Waals surface area contributed by atoms with Crippen molar-refractivity contribution in [3.8, 4) is 0 Å². The van der Waals surface area contributed by atoms with Gasteiger partial charge < -0.3 is 14.8 Å². The zero-order valence-electron chi connectivity index (χ0n) is 19.0. The summed E-state index contributed by atoms with van der Waals surface area (Å²) < 4.78 is 14.9. The molecule has 0 radical (unpaired) electrons. The number of rotatable bonds is 6. The van der Waals surface area contributed by atoms with Gasteiger partial charge in [-0.15, -0.1) is 0 Å². The van der Waals surface area contributed by atoms with E-state index in [4.69, 9.17) is 4.84 Å². The maximum atomic E-state index is 14.9. The van der Waals surface area contributed by atoms with Crippen molar-refractivity contribution in [3.05, 3.63) is 90.0 Å². The number of Topliss-reactive ketones (excluding diaryl/α,β-unsaturated/α-hetero) is 1. The topological polar surface area (TPSA) is 73.0 Å². The predicted molar refractivity (Wildman–Crippen MR) is 131 cm³/mol. The molecule has 0 bridgehead atoms. The second kappa shape index (κ2) is 8.79. The summed E-state index contributed by atoms with van der Waals surface area (Å²) in [7, 11) is 0. The van der Waals surface area contributed by atoms with Crippen molar-refractivity contribution >= 4 is 28.2 Å². The molecule has 0 aliphatic carbocycles. The average Bonchev–Trinajstić information content (AvgIpc) is 3.55. The molecule has 1 aromatic heterocycles. The van der Waals surface area contributed by atoms with E-state index in [2.05, 4.69) is 40.4 Å². The van der Waals surface area contributed by atoms with Crippen LogP contribution in [0.1, 0.15) is 28.4 Å². The van der Waals surface area contributed by atoms with Gasteiger partial charge in [0.15, 0.2) is 12.6 Å². The Labute approximate surface area is 197 Å². The number of fused-ring (bicyclic) bond motifs is 1. The lowest BCUT2D eigenvalue weighted by Crippen LogP contribution is -2.51. The van der Waals surface area contributed by atoms with Gasteiger partial charge in [0, 0.05) is 48.5 Å². The Kier molecular flexibility index (Phi) is 5.67. The van der Waals surface area contributed by atoms with E-state index in [0.717, 1.165) is 11.3 Å². The lowest BCUT2D eigenvalue weighted by atomic mass is 10.0. The molecule has 1 saturated heterocycles. The van der Waals surface area contributed by atoms with Crippen LogP contribution in [0.4, 0.5) is 4.39 Å². The quantitative estimate of drug-likeness (QED) is 0.432. The first kappa shape index (κ1) is 21.9. The van der Waals surface area contributed by atoms with E-state index >= 15 is 0 Å². The predicted octanol–water partition coefficient (Wildman–Crippen LogP) is 3.92. The minimum atomic E-state index is -0.479. The first-order valence-corrected chi connectivity index (χ1v) is 11.2. The summed E-state index contributed by atoms with van der Waals surface area (Å²) in [6.07, 6.45) is 1.54. The fourth-order valence-corrected chi connectivity index (χ4v) is 4.66. The van der Waals surface area contributed by atoms with Crippen LogP contribution in [0.5, 0.6) is 0 Å². The third kappa shape index (κ3) is 3.76. The zero-order valence-corrected chi connectivity index (χ0v) is 19.0. The number of ketones is 1. The number of aromatic amines is 1. The number of benzene rings is 2. The van der Waals surface area contributed by atoms with Gasteiger partial charge >= 0.3 is 0 Å². The Hall–Kier alpha value is -3.91. The molecule has 0 amide bonds. The Morgan fingerprint density at radius 1 is 1.18 bits per heavy atom. The molecule has 5 rings (SSSR count). The molecular formula is C26H26FN5O2. The number of nitrogens with zero attached hydrogens (tertiary/aromatic N) is 3. The minimum Gasteiger partial charge on any atom is -0.368 e. The van der Waals surface area contributed by atoms with Gasteiger partial charge in [0.1, 0.15) is 5.82 Å². The van der Waals surface area contributed by atoms with E-state index in [-0.39, 0.29) is 29.5 Å². The fourth-order valence-electron chi connectivity index (χ4n) is 4.66. The number of H-pyrrole nitrogens is 1. The maximum Gasteiger partial charge on any atom is 0.210 e. The van der Waals surface area contributed by atoms with Crippen molar-refractivity contribution in [1.82, 2.24) is 20.3 Å². The van der Waals surface area contributed by atoms with Crippen LogP contribution in [-0.2, 0) is 4.84 Å². The molecule has 2 aromatic carbocycles. The van der Waals surface area contributed by atoms with Crippen LogP contribution in [0.3, 0.4) is 0 Å². The van der Waals surface area contributed by atoms with E-state index in [9.17, 15) is 9.18 Å². The Bertz CT molecular complexity index is 1310. The molecule has 1 atom stereocenters. The number of nitrogens with one attached hydrogen (secondary N) is 2. The molecule has 0 spiro atoms. The average molecular weight is 460 g/mol. The van der Waals surface area contributed by atoms with Gasteiger partial charge in [0.25, 0.3) is 0 Å². The SMILES string of the molecule is C=C(c1ccccc1)N1CCN(C(=C)C(=O)c2c[nH]c3c(C4=NCON4)ccc(F)c23)[C@H](C)C1. The molecule has 2 aliphatic rings. The number of halogens is 1. The number of carbonyl (C=O) groups is 1. The van der Waals surface area contributed by atoms with Gasteiger partial charge in [0.05, 0.1) is 16.8 Å². The number of carbonyl (C=O) groups excluding carboxylic acids is 1. The van der Waals surface area contributed by atoms with Crippen LogP contribution in [0, 0.1) is 5.82 Å². The van der Waals surface area contributed by atoms with Crippen molar-refractivity contribution < 1.29 is 14.0 Å². The summed E-state index contributed by atoms with van der Waals surface area (Å²) in [5, 5.41) is 0.226. The molecule has 7 nitrogen and oxygen atoms in total. The maximum absolute atomic E-state index is 14.9. The monoisotopic (exact) mass is 459 g/mol. The van der Waals surface area contributed by atoms with Crippen molar-refractivity contribution in [2.75, 3.05) is 26.4 Å². The van der Waals surface area contributed by atoms with Crippen LogP contribution < -0.4 is 5.48 Å². The lowest BCUT2D eigenvalue weighted by molar-refractivity contribution is 0.0928. The molecule has 3 heterocycles. The number of aliphatic imine (C=N–C) groups is 1. The highest BCUT2D eigenvalue weighted by molar-refractivity contribution is 6.19. The highest BCUT2D eigenvalue weighted by Crippen LogP contribution is 2.29. The number of hydrogen-bond acceptors (Lipinski definition) is 6. The van der Waals surface area contributed by atoms with Gasteiger partial charge in [-0.1, -0.05) is 43.5 Å². The standard InChI is InChI=1S/C26H26FN5O2/c1-16-14-31(17(2)19-7-5-4-6-8-19)11-12-32(16)18(3)25(33)21-13-28-24-20(26-29-15-34-30-26)9-10-22(27)23(21)24/h4-10,13,16,28H,2-3,11-12,14-15H2,1H3,(H,29,30)/t16-/m1/s1. The molecular weight excluding hydrogens is 433 g/mol. The largest absolute Gasteiger partial charge is 0.368 e. The van der Waals surface area contributed by atoms with E-state index in [1.165, 1.54) is 6.07 Å². The summed E-state index contributed by atoms with van der Waals surface area (Å²) in [5.41, 5.74) is 6.48. The number of hydroxylamine groups is 1. The molecule has 174 valence electrons. The van der Waals surface area contributed by atoms with Gasteiger partial charge in [-0.25, -0.2) is 14.9 Å². The summed E-state index contributed by atoms with van der Waals surface area (Å²) in [6.45, 7) is 12.6. The Morgan fingerprint density at radius 3 is 2.68 bits per heavy atom. The van der Waals surface area contributed by atoms with E-state index in [1.54, 1.807) is 12.3 Å². The summed E-state index contributed by atoms with van der Waals surface area (Å²) in [6, 6.07) is 13.0. The second-order valence-corrected chi connectivity index (χ2v) is 8.51. The molecule has 2 N–H and O–H groups in total. The Morgan fingerprint density at radius 2 is 1.97 bits per heavy atom. The van der Waals surface area contributed by atoms with Gasteiger partial charge in [-0.3, -0.25) is 9.63 Å². The molecule has 3 aromatic rings. The highest BCUT2D eigenvalue weighted by atomic mass is 19.1. The van der Waals surface area contributed by atoms with Gasteiger partial charge in [-0.05, 0) is 24.6 Å². The smallest absolute Gasteiger partial charge is 0.210 e. The van der Waals surface area contributed by atoms with Crippen molar-refractivity contribution in [2.24, 2.45) is 4.99 Å². The van der Waals surface area contributed by atoms with Crippen LogP contribution in [0.2, 0.25) is 0 Å². The van der Waals surface area contributed by atoms with E-state index in [1.807, 2.05) is 35.2 Å². The highest BCUT2D eigenvalue weighted by Gasteiger charge is 2.30. The van der Waals surface area contributed by atoms with Crippen LogP contribution in [0.15, 0.2) is 72.5 Å². The number of allylic oxidation sites excluding steroid dienone is 1. The minimum absolute atomic E-state index is 0.0328. The van der Waals surface area contributed by atoms with Gasteiger partial charge in [0.2, 0.25) is 5.78 Å². The number of aromatic nitrogens is 1. The van der Waals surface area contributed by atoms with Crippen molar-refractivity contribution in [1.29, 1.82) is 0 Å². The van der Waals surface area contributed by atoms with Crippen molar-refractivity contribution in [3.63, 3.8) is 0 Å². The third-order valence-electron chi connectivity index (χ3n) is 6.47. The lowest BCUT2D eigenvalue weighted by Gasteiger charge is -2.43. The fraction of sp³-hybridized carbons (Fsp3) is 0.231. The molecule has 0 unspecified atom stereocenters. The molecule has 34 heavy (non-hydrogen) atoms. The third-order valence-corrected chi connectivity index (χ3v) is 6.47. The summed E-state index contributed by atoms with van der Waals surface area (Å²) in [5.74, 6) is -0.289. The second-order valence-electron chi connectivity index (χ2n) is 8.51. The van der Waals surface area contributed by atoms with E-state index < -0.39 is 5.82 Å². The summed E-state index contributed by atoms with van der Waals surface area (Å²) in [4.78, 5) is 30.0. The first-order chi connectivity index (χ1) is 16.5. The molecule has 0 saturated carbocycles.